The number of nitrogens with one attached hydrogen (secondary N) is 1. The Balaban J connectivity index is 1.47. The summed E-state index contributed by atoms with van der Waals surface area (Å²) >= 11 is 1.62. The van der Waals surface area contributed by atoms with Crippen LogP contribution in [0.4, 0.5) is 4.39 Å². The molecule has 2 heterocycles. The highest BCUT2D eigenvalue weighted by Gasteiger charge is 2.22. The Morgan fingerprint density at radius 2 is 2.00 bits per heavy atom. The molecule has 166 valence electrons. The zero-order valence-electron chi connectivity index (χ0n) is 18.0. The zero-order valence-corrected chi connectivity index (χ0v) is 18.8. The van der Waals surface area contributed by atoms with Crippen molar-refractivity contribution < 1.29 is 9.18 Å². The topological polar surface area (TPSA) is 76.3 Å². The molecule has 2 aromatic carbocycles. The third-order valence-electron chi connectivity index (χ3n) is 5.80. The SMILES string of the molecule is Cc1nc2sc3c(c2c(=O)n1-c1cccc(C(=O)N/N=C/c2ccccc2F)c1)CCCC3. The second-order valence-corrected chi connectivity index (χ2v) is 9.05. The van der Waals surface area contributed by atoms with Gasteiger partial charge in [-0.15, -0.1) is 11.3 Å². The molecule has 33 heavy (non-hydrogen) atoms. The third kappa shape index (κ3) is 3.98. The molecular formula is C25H21FN4O2S. The zero-order chi connectivity index (χ0) is 22.9. The molecule has 1 aliphatic carbocycles. The lowest BCUT2D eigenvalue weighted by Crippen LogP contribution is -2.23. The van der Waals surface area contributed by atoms with Gasteiger partial charge in [-0.05, 0) is 62.4 Å². The average Bonchev–Trinajstić information content (AvgIpc) is 3.19. The van der Waals surface area contributed by atoms with E-state index in [1.165, 1.54) is 17.2 Å². The van der Waals surface area contributed by atoms with Crippen molar-refractivity contribution in [3.8, 4) is 5.69 Å². The quantitative estimate of drug-likeness (QED) is 0.359. The highest BCUT2D eigenvalue weighted by Crippen LogP contribution is 2.34. The first-order valence-corrected chi connectivity index (χ1v) is 11.6. The Kier molecular flexibility index (Phi) is 5.60. The van der Waals surface area contributed by atoms with E-state index in [9.17, 15) is 14.0 Å². The third-order valence-corrected chi connectivity index (χ3v) is 6.98. The summed E-state index contributed by atoms with van der Waals surface area (Å²) in [5.41, 5.74) is 4.60. The molecule has 8 heteroatoms. The molecule has 0 saturated carbocycles. The lowest BCUT2D eigenvalue weighted by molar-refractivity contribution is 0.0955. The fourth-order valence-corrected chi connectivity index (χ4v) is 5.50. The van der Waals surface area contributed by atoms with Crippen LogP contribution in [0, 0.1) is 12.7 Å². The Hall–Kier alpha value is -3.65. The molecular weight excluding hydrogens is 439 g/mol. The first-order valence-electron chi connectivity index (χ1n) is 10.7. The summed E-state index contributed by atoms with van der Waals surface area (Å²) < 4.78 is 15.3. The minimum absolute atomic E-state index is 0.105. The van der Waals surface area contributed by atoms with Gasteiger partial charge >= 0.3 is 0 Å². The Bertz CT molecular complexity index is 1470. The summed E-state index contributed by atoms with van der Waals surface area (Å²) in [6.45, 7) is 1.80. The fraction of sp³-hybridized carbons (Fsp3) is 0.200. The minimum Gasteiger partial charge on any atom is -0.268 e. The maximum absolute atomic E-state index is 13.7. The highest BCUT2D eigenvalue weighted by molar-refractivity contribution is 7.18. The van der Waals surface area contributed by atoms with Crippen LogP contribution in [0.15, 0.2) is 58.4 Å². The van der Waals surface area contributed by atoms with Crippen molar-refractivity contribution in [2.75, 3.05) is 0 Å². The van der Waals surface area contributed by atoms with Crippen molar-refractivity contribution in [1.82, 2.24) is 15.0 Å². The van der Waals surface area contributed by atoms with E-state index in [-0.39, 0.29) is 11.1 Å². The first-order chi connectivity index (χ1) is 16.0. The number of carbonyl (C=O) groups excluding carboxylic acids is 1. The van der Waals surface area contributed by atoms with Crippen molar-refractivity contribution in [3.63, 3.8) is 0 Å². The molecule has 5 rings (SSSR count). The van der Waals surface area contributed by atoms with E-state index < -0.39 is 11.7 Å². The largest absolute Gasteiger partial charge is 0.271 e. The second-order valence-electron chi connectivity index (χ2n) is 7.96. The smallest absolute Gasteiger partial charge is 0.268 e. The maximum atomic E-state index is 13.7. The van der Waals surface area contributed by atoms with Crippen molar-refractivity contribution in [2.45, 2.75) is 32.6 Å². The number of carbonyl (C=O) groups is 1. The predicted octanol–water partition coefficient (Wildman–Crippen LogP) is 4.54. The number of fused-ring (bicyclic) bond motifs is 3. The van der Waals surface area contributed by atoms with Crippen LogP contribution in [0.1, 0.15) is 45.0 Å². The van der Waals surface area contributed by atoms with E-state index >= 15 is 0 Å². The summed E-state index contributed by atoms with van der Waals surface area (Å²) in [7, 11) is 0. The van der Waals surface area contributed by atoms with Crippen LogP contribution >= 0.6 is 11.3 Å². The predicted molar refractivity (Wildman–Crippen MR) is 128 cm³/mol. The van der Waals surface area contributed by atoms with Gasteiger partial charge in [0.15, 0.2) is 0 Å². The first kappa shape index (κ1) is 21.2. The normalized spacial score (nSPS) is 13.4. The molecule has 6 nitrogen and oxygen atoms in total. The molecule has 0 aliphatic heterocycles. The van der Waals surface area contributed by atoms with Gasteiger partial charge in [0.1, 0.15) is 16.5 Å². The van der Waals surface area contributed by atoms with Crippen LogP contribution in [0.25, 0.3) is 15.9 Å². The fourth-order valence-electron chi connectivity index (χ4n) is 4.20. The molecule has 0 radical (unpaired) electrons. The lowest BCUT2D eigenvalue weighted by atomic mass is 9.97. The number of nitrogens with zero attached hydrogens (tertiary/aromatic N) is 3. The van der Waals surface area contributed by atoms with Gasteiger partial charge in [0.05, 0.1) is 17.3 Å². The molecule has 0 fully saturated rings. The number of thiophene rings is 1. The van der Waals surface area contributed by atoms with E-state index in [2.05, 4.69) is 10.5 Å². The highest BCUT2D eigenvalue weighted by atomic mass is 32.1. The van der Waals surface area contributed by atoms with Crippen molar-refractivity contribution in [2.24, 2.45) is 5.10 Å². The Morgan fingerprint density at radius 3 is 2.85 bits per heavy atom. The number of hydrogen-bond donors (Lipinski definition) is 1. The molecule has 2 aromatic heterocycles. The number of hydrazone groups is 1. The van der Waals surface area contributed by atoms with E-state index in [4.69, 9.17) is 4.98 Å². The van der Waals surface area contributed by atoms with Crippen LogP contribution in [0.2, 0.25) is 0 Å². The van der Waals surface area contributed by atoms with Gasteiger partial charge in [0.25, 0.3) is 11.5 Å². The van der Waals surface area contributed by atoms with Crippen LogP contribution in [-0.4, -0.2) is 21.7 Å². The van der Waals surface area contributed by atoms with Crippen LogP contribution in [-0.2, 0) is 12.8 Å². The summed E-state index contributed by atoms with van der Waals surface area (Å²) in [5.74, 6) is -0.316. The van der Waals surface area contributed by atoms with Gasteiger partial charge in [0.2, 0.25) is 0 Å². The summed E-state index contributed by atoms with van der Waals surface area (Å²) in [6, 6.07) is 12.9. The van der Waals surface area contributed by atoms with E-state index in [0.29, 0.717) is 22.5 Å². The van der Waals surface area contributed by atoms with Gasteiger partial charge in [-0.25, -0.2) is 14.8 Å². The van der Waals surface area contributed by atoms with Gasteiger partial charge in [0, 0.05) is 16.0 Å². The number of benzene rings is 2. The Morgan fingerprint density at radius 1 is 1.18 bits per heavy atom. The second kappa shape index (κ2) is 8.71. The number of aryl methyl sites for hydroxylation is 3. The number of aromatic nitrogens is 2. The number of hydrogen-bond acceptors (Lipinski definition) is 5. The van der Waals surface area contributed by atoms with Crippen LogP contribution in [0.3, 0.4) is 0 Å². The number of rotatable bonds is 4. The lowest BCUT2D eigenvalue weighted by Gasteiger charge is -2.12. The van der Waals surface area contributed by atoms with Gasteiger partial charge in [-0.2, -0.15) is 5.10 Å². The van der Waals surface area contributed by atoms with Crippen LogP contribution in [0.5, 0.6) is 0 Å². The van der Waals surface area contributed by atoms with Crippen molar-refractivity contribution >= 4 is 33.7 Å². The number of amides is 1. The molecule has 1 aliphatic rings. The van der Waals surface area contributed by atoms with Gasteiger partial charge in [-0.3, -0.25) is 14.2 Å². The standard InChI is InChI=1S/C25H21FN4O2S/c1-15-28-24-22(19-10-3-5-12-21(19)33-24)25(32)30(15)18-9-6-8-16(13-18)23(31)29-27-14-17-7-2-4-11-20(17)26/h2,4,6-9,11,13-14H,3,5,10,12H2,1H3,(H,29,31)/b27-14+. The van der Waals surface area contributed by atoms with Gasteiger partial charge < -0.3 is 0 Å². The molecule has 0 unspecified atom stereocenters. The molecule has 0 spiro atoms. The average molecular weight is 461 g/mol. The van der Waals surface area contributed by atoms with E-state index in [1.807, 2.05) is 0 Å². The van der Waals surface area contributed by atoms with E-state index in [0.717, 1.165) is 36.1 Å². The van der Waals surface area contributed by atoms with E-state index in [1.54, 1.807) is 65.3 Å². The van der Waals surface area contributed by atoms with Gasteiger partial charge in [-0.1, -0.05) is 24.3 Å². The van der Waals surface area contributed by atoms with Crippen molar-refractivity contribution in [3.05, 3.63) is 92.1 Å². The molecule has 4 aromatic rings. The minimum atomic E-state index is -0.461. The van der Waals surface area contributed by atoms with Crippen molar-refractivity contribution in [1.29, 1.82) is 0 Å². The molecule has 0 bridgehead atoms. The Labute approximate surface area is 193 Å². The monoisotopic (exact) mass is 460 g/mol. The van der Waals surface area contributed by atoms with Crippen LogP contribution < -0.4 is 11.0 Å². The molecule has 0 saturated heterocycles. The molecule has 1 N–H and O–H groups in total. The summed E-state index contributed by atoms with van der Waals surface area (Å²) in [5, 5.41) is 4.55. The molecule has 0 atom stereocenters. The molecule has 1 amide bonds. The summed E-state index contributed by atoms with van der Waals surface area (Å²) in [4.78, 5) is 32.9. The maximum Gasteiger partial charge on any atom is 0.271 e. The number of halogens is 1. The summed E-state index contributed by atoms with van der Waals surface area (Å²) in [6.07, 6.45) is 5.37.